The van der Waals surface area contributed by atoms with Gasteiger partial charge >= 0.3 is 0 Å². The molecular weight excluding hydrogens is 398 g/mol. The van der Waals surface area contributed by atoms with Crippen LogP contribution in [0.25, 0.3) is 11.8 Å². The maximum Gasteiger partial charge on any atom is 0.265 e. The molecule has 1 aromatic carbocycles. The van der Waals surface area contributed by atoms with E-state index in [0.29, 0.717) is 6.61 Å². The number of hydrogen-bond donors (Lipinski definition) is 1. The Morgan fingerprint density at radius 2 is 1.83 bits per heavy atom. The Kier molecular flexibility index (Phi) is 6.32. The Labute approximate surface area is 181 Å². The molecule has 2 aromatic rings. The molecular formula is C23H23N3O3S. The van der Waals surface area contributed by atoms with Gasteiger partial charge in [-0.15, -0.1) is 6.58 Å². The number of amides is 2. The lowest BCUT2D eigenvalue weighted by Crippen LogP contribution is -2.53. The highest BCUT2D eigenvalue weighted by molar-refractivity contribution is 7.80. The maximum absolute atomic E-state index is 12.8. The SMILES string of the molecule is C=CCOc1ccc(-n2c(C)cc(/C=C3\C(=O)NC(=S)N(CC=C)C3=O)c2C)cc1. The lowest BCUT2D eigenvalue weighted by Gasteiger charge is -2.27. The van der Waals surface area contributed by atoms with E-state index >= 15 is 0 Å². The van der Waals surface area contributed by atoms with E-state index in [2.05, 4.69) is 23.0 Å². The molecule has 7 heteroatoms. The topological polar surface area (TPSA) is 63.6 Å². The number of rotatable bonds is 7. The van der Waals surface area contributed by atoms with Crippen molar-refractivity contribution in [2.24, 2.45) is 0 Å². The fraction of sp³-hybridized carbons (Fsp3) is 0.174. The molecule has 154 valence electrons. The molecule has 0 spiro atoms. The van der Waals surface area contributed by atoms with Crippen LogP contribution in [0.15, 0.2) is 61.2 Å². The van der Waals surface area contributed by atoms with Gasteiger partial charge in [-0.05, 0) is 68.0 Å². The number of aromatic nitrogens is 1. The first-order valence-corrected chi connectivity index (χ1v) is 9.81. The van der Waals surface area contributed by atoms with Gasteiger partial charge in [-0.3, -0.25) is 19.8 Å². The number of benzene rings is 1. The van der Waals surface area contributed by atoms with E-state index in [-0.39, 0.29) is 17.2 Å². The normalized spacial score (nSPS) is 15.3. The summed E-state index contributed by atoms with van der Waals surface area (Å²) in [6, 6.07) is 9.63. The minimum Gasteiger partial charge on any atom is -0.490 e. The molecule has 6 nitrogen and oxygen atoms in total. The van der Waals surface area contributed by atoms with Crippen molar-refractivity contribution in [3.8, 4) is 11.4 Å². The molecule has 0 bridgehead atoms. The van der Waals surface area contributed by atoms with Gasteiger partial charge in [-0.1, -0.05) is 18.7 Å². The minimum atomic E-state index is -0.501. The molecule has 1 aliphatic heterocycles. The summed E-state index contributed by atoms with van der Waals surface area (Å²) in [5, 5.41) is 2.65. The maximum atomic E-state index is 12.8. The van der Waals surface area contributed by atoms with Gasteiger partial charge in [0.15, 0.2) is 5.11 Å². The molecule has 0 aliphatic carbocycles. The van der Waals surface area contributed by atoms with Gasteiger partial charge in [0.2, 0.25) is 0 Å². The predicted molar refractivity (Wildman–Crippen MR) is 122 cm³/mol. The first kappa shape index (κ1) is 21.3. The molecule has 3 rings (SSSR count). The van der Waals surface area contributed by atoms with Gasteiger partial charge in [0.25, 0.3) is 11.8 Å². The van der Waals surface area contributed by atoms with Crippen molar-refractivity contribution >= 4 is 35.2 Å². The van der Waals surface area contributed by atoms with Crippen LogP contribution in [0.3, 0.4) is 0 Å². The standard InChI is InChI=1S/C23H23N3O3S/c1-5-11-25-22(28)20(21(27)24-23(25)30)14-17-13-15(3)26(16(17)4)18-7-9-19(10-8-18)29-12-6-2/h5-10,13-14H,1-2,11-12H2,3-4H3,(H,24,27,30)/b20-14+. The number of hydrogen-bond acceptors (Lipinski definition) is 4. The fourth-order valence-electron chi connectivity index (χ4n) is 3.32. The van der Waals surface area contributed by atoms with Crippen LogP contribution in [0, 0.1) is 13.8 Å². The highest BCUT2D eigenvalue weighted by atomic mass is 32.1. The van der Waals surface area contributed by atoms with Gasteiger partial charge in [0.05, 0.1) is 0 Å². The quantitative estimate of drug-likeness (QED) is 0.322. The van der Waals surface area contributed by atoms with Crippen LogP contribution >= 0.6 is 12.2 Å². The number of aryl methyl sites for hydroxylation is 1. The Morgan fingerprint density at radius 3 is 2.47 bits per heavy atom. The molecule has 1 saturated heterocycles. The van der Waals surface area contributed by atoms with Crippen LogP contribution in [-0.4, -0.2) is 39.5 Å². The van der Waals surface area contributed by atoms with Crippen molar-refractivity contribution in [3.63, 3.8) is 0 Å². The van der Waals surface area contributed by atoms with E-state index in [1.807, 2.05) is 44.2 Å². The van der Waals surface area contributed by atoms with E-state index in [0.717, 1.165) is 28.4 Å². The summed E-state index contributed by atoms with van der Waals surface area (Å²) in [4.78, 5) is 26.5. The number of nitrogens with zero attached hydrogens (tertiary/aromatic N) is 2. The average Bonchev–Trinajstić information content (AvgIpc) is 3.00. The van der Waals surface area contributed by atoms with Crippen LogP contribution in [0.1, 0.15) is 17.0 Å². The van der Waals surface area contributed by atoms with Gasteiger partial charge < -0.3 is 9.30 Å². The second kappa shape index (κ2) is 8.92. The Bertz CT molecular complexity index is 1060. The summed E-state index contributed by atoms with van der Waals surface area (Å²) in [7, 11) is 0. The Hall–Kier alpha value is -3.45. The number of carbonyl (C=O) groups is 2. The second-order valence-electron chi connectivity index (χ2n) is 6.78. The third-order valence-electron chi connectivity index (χ3n) is 4.73. The minimum absolute atomic E-state index is 0.0406. The Balaban J connectivity index is 1.96. The zero-order valence-electron chi connectivity index (χ0n) is 17.0. The monoisotopic (exact) mass is 421 g/mol. The van der Waals surface area contributed by atoms with Crippen LogP contribution in [0.5, 0.6) is 5.75 Å². The third-order valence-corrected chi connectivity index (χ3v) is 5.05. The van der Waals surface area contributed by atoms with E-state index in [1.165, 1.54) is 4.90 Å². The average molecular weight is 422 g/mol. The van der Waals surface area contributed by atoms with Crippen molar-refractivity contribution in [2.75, 3.05) is 13.2 Å². The number of ether oxygens (including phenoxy) is 1. The van der Waals surface area contributed by atoms with E-state index < -0.39 is 11.8 Å². The molecule has 1 N–H and O–H groups in total. The van der Waals surface area contributed by atoms with Gasteiger partial charge in [-0.25, -0.2) is 0 Å². The van der Waals surface area contributed by atoms with Crippen LogP contribution in [-0.2, 0) is 9.59 Å². The lowest BCUT2D eigenvalue weighted by molar-refractivity contribution is -0.128. The molecule has 2 amide bonds. The van der Waals surface area contributed by atoms with Crippen molar-refractivity contribution < 1.29 is 14.3 Å². The first-order valence-electron chi connectivity index (χ1n) is 9.40. The number of thiocarbonyl (C=S) groups is 1. The van der Waals surface area contributed by atoms with Gasteiger partial charge in [0, 0.05) is 23.6 Å². The van der Waals surface area contributed by atoms with Gasteiger partial charge in [0.1, 0.15) is 17.9 Å². The van der Waals surface area contributed by atoms with E-state index in [1.54, 1.807) is 18.2 Å². The number of carbonyl (C=O) groups excluding carboxylic acids is 2. The zero-order chi connectivity index (χ0) is 21.8. The summed E-state index contributed by atoms with van der Waals surface area (Å²) in [5.41, 5.74) is 3.66. The summed E-state index contributed by atoms with van der Waals surface area (Å²) in [6.07, 6.45) is 4.86. The molecule has 0 radical (unpaired) electrons. The summed E-state index contributed by atoms with van der Waals surface area (Å²) in [5.74, 6) is -0.179. The number of nitrogens with one attached hydrogen (secondary N) is 1. The first-order chi connectivity index (χ1) is 14.4. The summed E-state index contributed by atoms with van der Waals surface area (Å²) < 4.78 is 7.59. The Morgan fingerprint density at radius 1 is 1.13 bits per heavy atom. The predicted octanol–water partition coefficient (Wildman–Crippen LogP) is 3.47. The van der Waals surface area contributed by atoms with Crippen LogP contribution in [0.4, 0.5) is 0 Å². The molecule has 0 unspecified atom stereocenters. The van der Waals surface area contributed by atoms with E-state index in [4.69, 9.17) is 17.0 Å². The molecule has 0 saturated carbocycles. The van der Waals surface area contributed by atoms with Crippen LogP contribution < -0.4 is 10.1 Å². The summed E-state index contributed by atoms with van der Waals surface area (Å²) in [6.45, 7) is 11.9. The lowest BCUT2D eigenvalue weighted by atomic mass is 10.1. The third kappa shape index (κ3) is 4.11. The molecule has 1 aliphatic rings. The van der Waals surface area contributed by atoms with Crippen molar-refractivity contribution in [3.05, 3.63) is 78.2 Å². The fourth-order valence-corrected chi connectivity index (χ4v) is 3.57. The van der Waals surface area contributed by atoms with E-state index in [9.17, 15) is 9.59 Å². The highest BCUT2D eigenvalue weighted by Gasteiger charge is 2.32. The molecule has 2 heterocycles. The smallest absolute Gasteiger partial charge is 0.265 e. The molecule has 30 heavy (non-hydrogen) atoms. The van der Waals surface area contributed by atoms with Crippen LogP contribution in [0.2, 0.25) is 0 Å². The molecule has 1 fully saturated rings. The van der Waals surface area contributed by atoms with Crippen molar-refractivity contribution in [1.82, 2.24) is 14.8 Å². The molecule has 0 atom stereocenters. The van der Waals surface area contributed by atoms with Crippen molar-refractivity contribution in [2.45, 2.75) is 13.8 Å². The highest BCUT2D eigenvalue weighted by Crippen LogP contribution is 2.25. The summed E-state index contributed by atoms with van der Waals surface area (Å²) >= 11 is 5.09. The van der Waals surface area contributed by atoms with Crippen molar-refractivity contribution in [1.29, 1.82) is 0 Å². The second-order valence-corrected chi connectivity index (χ2v) is 7.16. The largest absolute Gasteiger partial charge is 0.490 e. The van der Waals surface area contributed by atoms with Gasteiger partial charge in [-0.2, -0.15) is 0 Å². The molecule has 1 aromatic heterocycles. The zero-order valence-corrected chi connectivity index (χ0v) is 17.8.